The Kier molecular flexibility index (Phi) is 4.00. The Morgan fingerprint density at radius 2 is 2.00 bits per heavy atom. The quantitative estimate of drug-likeness (QED) is 0.575. The third kappa shape index (κ3) is 3.43. The molecule has 0 unspecified atom stereocenters. The van der Waals surface area contributed by atoms with Gasteiger partial charge in [0.25, 0.3) is 0 Å². The lowest BCUT2D eigenvalue weighted by atomic mass is 10.2. The second kappa shape index (κ2) is 5.50. The van der Waals surface area contributed by atoms with E-state index >= 15 is 0 Å². The molecule has 1 aromatic carbocycles. The van der Waals surface area contributed by atoms with Crippen LogP contribution in [0.2, 0.25) is 9.36 Å². The lowest BCUT2D eigenvalue weighted by molar-refractivity contribution is 0.105. The molecular weight excluding hydrogens is 275 g/mol. The van der Waals surface area contributed by atoms with Gasteiger partial charge in [0.15, 0.2) is 5.78 Å². The highest BCUT2D eigenvalue weighted by Gasteiger charge is 2.04. The van der Waals surface area contributed by atoms with Crippen molar-refractivity contribution in [3.63, 3.8) is 0 Å². The molecule has 0 fully saturated rings. The fraction of sp³-hybridized carbons (Fsp3) is 0. The summed E-state index contributed by atoms with van der Waals surface area (Å²) in [7, 11) is 0. The van der Waals surface area contributed by atoms with Crippen molar-refractivity contribution < 1.29 is 4.79 Å². The summed E-state index contributed by atoms with van der Waals surface area (Å²) >= 11 is 12.9. The van der Waals surface area contributed by atoms with Crippen molar-refractivity contribution in [2.75, 3.05) is 0 Å². The summed E-state index contributed by atoms with van der Waals surface area (Å²) in [6.07, 6.45) is 3.26. The Bertz CT molecular complexity index is 572. The maximum atomic E-state index is 11.7. The molecule has 0 aliphatic carbocycles. The molecule has 4 heteroatoms. The van der Waals surface area contributed by atoms with Gasteiger partial charge in [0.05, 0.1) is 9.21 Å². The highest BCUT2D eigenvalue weighted by atomic mass is 35.5. The molecule has 0 amide bonds. The molecule has 0 saturated carbocycles. The first-order chi connectivity index (χ1) is 8.15. The molecule has 0 atom stereocenters. The zero-order valence-electron chi connectivity index (χ0n) is 8.69. The standard InChI is InChI=1S/C13H8Cl2OS/c14-10-3-1-2-9(8-10)4-5-11(16)12-6-7-13(15)17-12/h1-8H/b5-4+. The number of allylic oxidation sites excluding steroid dienone is 1. The highest BCUT2D eigenvalue weighted by Crippen LogP contribution is 2.22. The zero-order chi connectivity index (χ0) is 12.3. The molecule has 0 N–H and O–H groups in total. The van der Waals surface area contributed by atoms with Crippen LogP contribution in [0, 0.1) is 0 Å². The van der Waals surface area contributed by atoms with Gasteiger partial charge in [0, 0.05) is 5.02 Å². The number of ketones is 1. The van der Waals surface area contributed by atoms with Gasteiger partial charge < -0.3 is 0 Å². The van der Waals surface area contributed by atoms with Crippen LogP contribution in [0.4, 0.5) is 0 Å². The first-order valence-electron chi connectivity index (χ1n) is 4.88. The maximum Gasteiger partial charge on any atom is 0.195 e. The third-order valence-corrected chi connectivity index (χ3v) is 3.57. The van der Waals surface area contributed by atoms with Crippen LogP contribution in [0.3, 0.4) is 0 Å². The van der Waals surface area contributed by atoms with Crippen molar-refractivity contribution >= 4 is 46.4 Å². The molecule has 0 saturated heterocycles. The molecule has 1 nitrogen and oxygen atoms in total. The number of thiophene rings is 1. The van der Waals surface area contributed by atoms with E-state index in [1.54, 1.807) is 30.3 Å². The maximum absolute atomic E-state index is 11.7. The molecule has 0 aliphatic rings. The second-order valence-electron chi connectivity index (χ2n) is 3.36. The van der Waals surface area contributed by atoms with Crippen LogP contribution in [-0.2, 0) is 0 Å². The smallest absolute Gasteiger partial charge is 0.195 e. The Morgan fingerprint density at radius 3 is 2.65 bits per heavy atom. The molecule has 86 valence electrons. The summed E-state index contributed by atoms with van der Waals surface area (Å²) < 4.78 is 0.615. The Hall–Kier alpha value is -1.09. The first-order valence-corrected chi connectivity index (χ1v) is 6.46. The summed E-state index contributed by atoms with van der Waals surface area (Å²) in [5.41, 5.74) is 0.897. The Balaban J connectivity index is 2.13. The normalized spacial score (nSPS) is 10.9. The van der Waals surface area contributed by atoms with Gasteiger partial charge in [-0.3, -0.25) is 4.79 Å². The van der Waals surface area contributed by atoms with Gasteiger partial charge in [-0.1, -0.05) is 41.4 Å². The minimum Gasteiger partial charge on any atom is -0.288 e. The van der Waals surface area contributed by atoms with Crippen LogP contribution in [0.25, 0.3) is 6.08 Å². The summed E-state index contributed by atoms with van der Waals surface area (Å²) in [6.45, 7) is 0. The fourth-order valence-corrected chi connectivity index (χ4v) is 2.47. The molecule has 0 radical (unpaired) electrons. The fourth-order valence-electron chi connectivity index (χ4n) is 1.31. The van der Waals surface area contributed by atoms with Crippen molar-refractivity contribution in [2.45, 2.75) is 0 Å². The van der Waals surface area contributed by atoms with E-state index in [0.29, 0.717) is 14.2 Å². The van der Waals surface area contributed by atoms with Gasteiger partial charge in [0.2, 0.25) is 0 Å². The van der Waals surface area contributed by atoms with Crippen LogP contribution in [0.1, 0.15) is 15.2 Å². The van der Waals surface area contributed by atoms with Gasteiger partial charge in [-0.05, 0) is 35.9 Å². The van der Waals surface area contributed by atoms with Gasteiger partial charge >= 0.3 is 0 Å². The van der Waals surface area contributed by atoms with E-state index in [1.165, 1.54) is 17.4 Å². The summed E-state index contributed by atoms with van der Waals surface area (Å²) in [6, 6.07) is 10.8. The number of hydrogen-bond acceptors (Lipinski definition) is 2. The molecule has 17 heavy (non-hydrogen) atoms. The van der Waals surface area contributed by atoms with Crippen LogP contribution in [0.5, 0.6) is 0 Å². The SMILES string of the molecule is O=C(/C=C/c1cccc(Cl)c1)c1ccc(Cl)s1. The molecule has 2 aromatic rings. The van der Waals surface area contributed by atoms with Crippen molar-refractivity contribution in [1.29, 1.82) is 0 Å². The van der Waals surface area contributed by atoms with E-state index in [4.69, 9.17) is 23.2 Å². The molecule has 0 aliphatic heterocycles. The van der Waals surface area contributed by atoms with Crippen LogP contribution >= 0.6 is 34.5 Å². The lowest BCUT2D eigenvalue weighted by Crippen LogP contribution is -1.88. The summed E-state index contributed by atoms with van der Waals surface area (Å²) in [5, 5.41) is 0.652. The van der Waals surface area contributed by atoms with Crippen molar-refractivity contribution in [3.8, 4) is 0 Å². The van der Waals surface area contributed by atoms with E-state index in [0.717, 1.165) is 5.56 Å². The average molecular weight is 283 g/mol. The first kappa shape index (κ1) is 12.4. The zero-order valence-corrected chi connectivity index (χ0v) is 11.0. The van der Waals surface area contributed by atoms with E-state index in [1.807, 2.05) is 12.1 Å². The third-order valence-electron chi connectivity index (χ3n) is 2.09. The topological polar surface area (TPSA) is 17.1 Å². The van der Waals surface area contributed by atoms with Crippen LogP contribution in [-0.4, -0.2) is 5.78 Å². The Morgan fingerprint density at radius 1 is 1.18 bits per heavy atom. The molecule has 1 aromatic heterocycles. The number of halogens is 2. The summed E-state index contributed by atoms with van der Waals surface area (Å²) in [5.74, 6) is -0.0538. The molecule has 0 bridgehead atoms. The largest absolute Gasteiger partial charge is 0.288 e. The van der Waals surface area contributed by atoms with Crippen molar-refractivity contribution in [1.82, 2.24) is 0 Å². The summed E-state index contributed by atoms with van der Waals surface area (Å²) in [4.78, 5) is 12.4. The lowest BCUT2D eigenvalue weighted by Gasteiger charge is -1.93. The van der Waals surface area contributed by atoms with Gasteiger partial charge in [-0.25, -0.2) is 0 Å². The van der Waals surface area contributed by atoms with Crippen LogP contribution in [0.15, 0.2) is 42.5 Å². The van der Waals surface area contributed by atoms with E-state index in [-0.39, 0.29) is 5.78 Å². The molecule has 1 heterocycles. The second-order valence-corrected chi connectivity index (χ2v) is 5.51. The van der Waals surface area contributed by atoms with Gasteiger partial charge in [0.1, 0.15) is 0 Å². The predicted octanol–water partition coefficient (Wildman–Crippen LogP) is 4.95. The van der Waals surface area contributed by atoms with Crippen molar-refractivity contribution in [3.05, 3.63) is 62.3 Å². The predicted molar refractivity (Wildman–Crippen MR) is 74.1 cm³/mol. The Labute approximate surface area is 113 Å². The monoisotopic (exact) mass is 282 g/mol. The number of carbonyl (C=O) groups excluding carboxylic acids is 1. The molecular formula is C13H8Cl2OS. The van der Waals surface area contributed by atoms with E-state index in [9.17, 15) is 4.79 Å². The van der Waals surface area contributed by atoms with Gasteiger partial charge in [-0.15, -0.1) is 11.3 Å². The van der Waals surface area contributed by atoms with Crippen molar-refractivity contribution in [2.24, 2.45) is 0 Å². The highest BCUT2D eigenvalue weighted by molar-refractivity contribution is 7.18. The molecule has 0 spiro atoms. The number of carbonyl (C=O) groups is 1. The van der Waals surface area contributed by atoms with E-state index in [2.05, 4.69) is 0 Å². The number of rotatable bonds is 3. The van der Waals surface area contributed by atoms with Crippen LogP contribution < -0.4 is 0 Å². The minimum absolute atomic E-state index is 0.0538. The number of benzene rings is 1. The van der Waals surface area contributed by atoms with E-state index < -0.39 is 0 Å². The number of hydrogen-bond donors (Lipinski definition) is 0. The molecule has 2 rings (SSSR count). The average Bonchev–Trinajstić information content (AvgIpc) is 2.73. The van der Waals surface area contributed by atoms with Gasteiger partial charge in [-0.2, -0.15) is 0 Å². The minimum atomic E-state index is -0.0538.